The van der Waals surface area contributed by atoms with Gasteiger partial charge in [0.25, 0.3) is 5.91 Å². The van der Waals surface area contributed by atoms with Crippen molar-refractivity contribution in [3.8, 4) is 6.07 Å². The van der Waals surface area contributed by atoms with E-state index in [0.29, 0.717) is 16.4 Å². The number of amides is 1. The largest absolute Gasteiger partial charge is 0.398 e. The highest BCUT2D eigenvalue weighted by Gasteiger charge is 2.16. The van der Waals surface area contributed by atoms with Gasteiger partial charge in [-0.1, -0.05) is 29.8 Å². The summed E-state index contributed by atoms with van der Waals surface area (Å²) in [4.78, 5) is 12.5. The number of hydrogen-bond acceptors (Lipinski definition) is 4. The maximum atomic E-state index is 12.5. The van der Waals surface area contributed by atoms with E-state index in [1.54, 1.807) is 18.2 Å². The minimum atomic E-state index is -0.429. The summed E-state index contributed by atoms with van der Waals surface area (Å²) in [5.41, 5.74) is 10.6. The molecule has 3 rings (SSSR count). The highest BCUT2D eigenvalue weighted by molar-refractivity contribution is 6.33. The second kappa shape index (κ2) is 8.81. The fourth-order valence-electron chi connectivity index (χ4n) is 3.30. The number of nitrogens with one attached hydrogen (secondary N) is 2. The van der Waals surface area contributed by atoms with Gasteiger partial charge in [0.15, 0.2) is 0 Å². The summed E-state index contributed by atoms with van der Waals surface area (Å²) in [6.45, 7) is 1.92. The fraction of sp³-hybridized carbons (Fsp3) is 0.273. The van der Waals surface area contributed by atoms with E-state index in [-0.39, 0.29) is 11.6 Å². The van der Waals surface area contributed by atoms with Crippen molar-refractivity contribution >= 4 is 28.9 Å². The smallest absolute Gasteiger partial charge is 0.263 e. The van der Waals surface area contributed by atoms with Crippen molar-refractivity contribution in [2.75, 3.05) is 11.1 Å². The van der Waals surface area contributed by atoms with Crippen LogP contribution in [-0.2, 0) is 17.6 Å². The Hall–Kier alpha value is -2.97. The van der Waals surface area contributed by atoms with Crippen molar-refractivity contribution in [2.24, 2.45) is 0 Å². The molecule has 0 heterocycles. The summed E-state index contributed by atoms with van der Waals surface area (Å²) in [5, 5.41) is 15.6. The highest BCUT2D eigenvalue weighted by Crippen LogP contribution is 2.25. The molecule has 1 aliphatic carbocycles. The third-order valence-corrected chi connectivity index (χ3v) is 5.30. The molecule has 1 atom stereocenters. The minimum Gasteiger partial charge on any atom is -0.398 e. The Morgan fingerprint density at radius 3 is 2.68 bits per heavy atom. The van der Waals surface area contributed by atoms with Crippen LogP contribution in [-0.4, -0.2) is 5.91 Å². The SMILES string of the molecule is CC(NC(=O)/C(C#N)=C\Nc1ccc(N)c(Cl)c1)c1ccc2c(c1)CCCC2. The zero-order valence-electron chi connectivity index (χ0n) is 15.8. The molecule has 5 nitrogen and oxygen atoms in total. The van der Waals surface area contributed by atoms with Crippen LogP contribution < -0.4 is 16.4 Å². The number of hydrogen-bond donors (Lipinski definition) is 3. The number of benzene rings is 2. The Morgan fingerprint density at radius 1 is 1.21 bits per heavy atom. The number of carbonyl (C=O) groups excluding carboxylic acids is 1. The van der Waals surface area contributed by atoms with E-state index in [1.807, 2.05) is 13.0 Å². The Kier molecular flexibility index (Phi) is 6.23. The monoisotopic (exact) mass is 394 g/mol. The molecule has 4 N–H and O–H groups in total. The van der Waals surface area contributed by atoms with Crippen LogP contribution in [0.15, 0.2) is 48.2 Å². The van der Waals surface area contributed by atoms with E-state index < -0.39 is 5.91 Å². The molecule has 0 saturated heterocycles. The first-order chi connectivity index (χ1) is 13.5. The summed E-state index contributed by atoms with van der Waals surface area (Å²) < 4.78 is 0. The lowest BCUT2D eigenvalue weighted by Gasteiger charge is -2.20. The summed E-state index contributed by atoms with van der Waals surface area (Å²) in [7, 11) is 0. The van der Waals surface area contributed by atoms with E-state index in [0.717, 1.165) is 18.4 Å². The van der Waals surface area contributed by atoms with Gasteiger partial charge in [0.2, 0.25) is 0 Å². The average Bonchev–Trinajstić information content (AvgIpc) is 2.70. The predicted molar refractivity (Wildman–Crippen MR) is 113 cm³/mol. The average molecular weight is 395 g/mol. The number of carbonyl (C=O) groups is 1. The summed E-state index contributed by atoms with van der Waals surface area (Å²) >= 11 is 5.98. The number of halogens is 1. The van der Waals surface area contributed by atoms with Gasteiger partial charge in [-0.25, -0.2) is 0 Å². The Bertz CT molecular complexity index is 961. The van der Waals surface area contributed by atoms with Gasteiger partial charge in [0.05, 0.1) is 16.8 Å². The lowest BCUT2D eigenvalue weighted by Crippen LogP contribution is -2.28. The third kappa shape index (κ3) is 4.65. The maximum absolute atomic E-state index is 12.5. The number of nitrogen functional groups attached to an aromatic ring is 1. The van der Waals surface area contributed by atoms with E-state index in [4.69, 9.17) is 17.3 Å². The van der Waals surface area contributed by atoms with Gasteiger partial charge in [-0.2, -0.15) is 5.26 Å². The molecule has 2 aromatic rings. The molecule has 0 fully saturated rings. The second-order valence-electron chi connectivity index (χ2n) is 6.98. The fourth-order valence-corrected chi connectivity index (χ4v) is 3.48. The Morgan fingerprint density at radius 2 is 1.96 bits per heavy atom. The molecule has 0 spiro atoms. The highest BCUT2D eigenvalue weighted by atomic mass is 35.5. The summed E-state index contributed by atoms with van der Waals surface area (Å²) in [6.07, 6.45) is 6.02. The van der Waals surface area contributed by atoms with Crippen molar-refractivity contribution in [3.05, 3.63) is 69.9 Å². The standard InChI is InChI=1S/C22H23ClN4O/c1-14(16-7-6-15-4-2-3-5-17(15)10-16)27-22(28)18(12-24)13-26-19-8-9-21(25)20(23)11-19/h6-11,13-14,26H,2-5,25H2,1H3,(H,27,28)/b18-13-. The number of nitriles is 1. The molecule has 1 amide bonds. The van der Waals surface area contributed by atoms with Gasteiger partial charge in [-0.3, -0.25) is 4.79 Å². The van der Waals surface area contributed by atoms with Crippen LogP contribution in [0.25, 0.3) is 0 Å². The number of anilines is 2. The number of rotatable bonds is 5. The first-order valence-corrected chi connectivity index (χ1v) is 9.70. The normalized spacial score (nSPS) is 14.5. The quantitative estimate of drug-likeness (QED) is 0.395. The molecule has 28 heavy (non-hydrogen) atoms. The Labute approximate surface area is 170 Å². The molecule has 1 unspecified atom stereocenters. The van der Waals surface area contributed by atoms with Crippen LogP contribution in [0.1, 0.15) is 42.5 Å². The summed E-state index contributed by atoms with van der Waals surface area (Å²) in [6, 6.07) is 13.1. The molecule has 144 valence electrons. The van der Waals surface area contributed by atoms with Crippen LogP contribution in [0.3, 0.4) is 0 Å². The summed E-state index contributed by atoms with van der Waals surface area (Å²) in [5.74, 6) is -0.429. The molecular weight excluding hydrogens is 372 g/mol. The molecule has 0 aromatic heterocycles. The first kappa shape index (κ1) is 19.8. The molecule has 0 saturated carbocycles. The van der Waals surface area contributed by atoms with Crippen LogP contribution in [0.2, 0.25) is 5.02 Å². The molecule has 0 aliphatic heterocycles. The van der Waals surface area contributed by atoms with Crippen molar-refractivity contribution in [3.63, 3.8) is 0 Å². The predicted octanol–water partition coefficient (Wildman–Crippen LogP) is 4.50. The van der Waals surface area contributed by atoms with E-state index >= 15 is 0 Å². The number of nitrogens with zero attached hydrogens (tertiary/aromatic N) is 1. The van der Waals surface area contributed by atoms with Crippen LogP contribution in [0.5, 0.6) is 0 Å². The lowest BCUT2D eigenvalue weighted by atomic mass is 9.89. The van der Waals surface area contributed by atoms with Crippen molar-refractivity contribution < 1.29 is 4.79 Å². The van der Waals surface area contributed by atoms with Gasteiger partial charge in [0, 0.05) is 11.9 Å². The molecule has 0 radical (unpaired) electrons. The minimum absolute atomic E-state index is 0.0160. The molecule has 0 bridgehead atoms. The third-order valence-electron chi connectivity index (χ3n) is 4.97. The van der Waals surface area contributed by atoms with E-state index in [1.165, 1.54) is 30.2 Å². The molecule has 1 aliphatic rings. The maximum Gasteiger partial charge on any atom is 0.263 e. The second-order valence-corrected chi connectivity index (χ2v) is 7.39. The van der Waals surface area contributed by atoms with E-state index in [2.05, 4.69) is 28.8 Å². The zero-order chi connectivity index (χ0) is 20.1. The van der Waals surface area contributed by atoms with Gasteiger partial charge in [-0.15, -0.1) is 0 Å². The lowest BCUT2D eigenvalue weighted by molar-refractivity contribution is -0.117. The van der Waals surface area contributed by atoms with E-state index in [9.17, 15) is 10.1 Å². The molecule has 6 heteroatoms. The first-order valence-electron chi connectivity index (χ1n) is 9.32. The van der Waals surface area contributed by atoms with Crippen molar-refractivity contribution in [1.82, 2.24) is 5.32 Å². The Balaban J connectivity index is 1.67. The topological polar surface area (TPSA) is 90.9 Å². The van der Waals surface area contributed by atoms with Crippen LogP contribution in [0.4, 0.5) is 11.4 Å². The van der Waals surface area contributed by atoms with Gasteiger partial charge >= 0.3 is 0 Å². The van der Waals surface area contributed by atoms with Gasteiger partial charge in [0.1, 0.15) is 11.6 Å². The number of aryl methyl sites for hydroxylation is 2. The van der Waals surface area contributed by atoms with Crippen molar-refractivity contribution in [2.45, 2.75) is 38.6 Å². The molecule has 2 aromatic carbocycles. The van der Waals surface area contributed by atoms with Gasteiger partial charge < -0.3 is 16.4 Å². The number of nitrogens with two attached hydrogens (primary N) is 1. The van der Waals surface area contributed by atoms with Gasteiger partial charge in [-0.05, 0) is 67.5 Å². The zero-order valence-corrected chi connectivity index (χ0v) is 16.5. The van der Waals surface area contributed by atoms with Crippen LogP contribution >= 0.6 is 11.6 Å². The van der Waals surface area contributed by atoms with Crippen LogP contribution in [0, 0.1) is 11.3 Å². The molecular formula is C22H23ClN4O. The van der Waals surface area contributed by atoms with Crippen molar-refractivity contribution in [1.29, 1.82) is 5.26 Å². The number of fused-ring (bicyclic) bond motifs is 1.